The lowest BCUT2D eigenvalue weighted by molar-refractivity contribution is 0.131. The van der Waals surface area contributed by atoms with E-state index >= 15 is 0 Å². The lowest BCUT2D eigenvalue weighted by Gasteiger charge is -2.24. The molecule has 1 aliphatic rings. The molecular weight excluding hydrogens is 469 g/mol. The Balaban J connectivity index is 0.00000338. The number of halogens is 2. The number of aliphatic hydroxyl groups excluding tert-OH is 1. The first-order chi connectivity index (χ1) is 12.2. The normalized spacial score (nSPS) is 19.7. The van der Waals surface area contributed by atoms with Crippen LogP contribution in [-0.2, 0) is 4.74 Å². The summed E-state index contributed by atoms with van der Waals surface area (Å²) < 4.78 is 11.2. The molecule has 148 valence electrons. The fourth-order valence-corrected chi connectivity index (χ4v) is 2.96. The highest BCUT2D eigenvalue weighted by atomic mass is 127. The van der Waals surface area contributed by atoms with Gasteiger partial charge in [0.1, 0.15) is 12.4 Å². The maximum Gasteiger partial charge on any atom is 0.191 e. The molecule has 1 aromatic rings. The van der Waals surface area contributed by atoms with Crippen LogP contribution in [0.1, 0.15) is 19.8 Å². The van der Waals surface area contributed by atoms with Gasteiger partial charge in [0.15, 0.2) is 5.96 Å². The van der Waals surface area contributed by atoms with Gasteiger partial charge in [-0.15, -0.1) is 24.0 Å². The number of aliphatic hydroxyl groups is 1. The molecule has 0 spiro atoms. The van der Waals surface area contributed by atoms with Gasteiger partial charge < -0.3 is 25.2 Å². The molecule has 0 saturated carbocycles. The number of rotatable bonds is 9. The molecule has 1 aromatic carbocycles. The second-order valence-corrected chi connectivity index (χ2v) is 6.58. The lowest BCUT2D eigenvalue weighted by atomic mass is 9.84. The van der Waals surface area contributed by atoms with Crippen LogP contribution in [0.3, 0.4) is 0 Å². The van der Waals surface area contributed by atoms with Crippen LogP contribution in [0.5, 0.6) is 5.75 Å². The third-order valence-corrected chi connectivity index (χ3v) is 4.54. The first kappa shape index (κ1) is 23.3. The summed E-state index contributed by atoms with van der Waals surface area (Å²) in [7, 11) is 0. The van der Waals surface area contributed by atoms with Crippen LogP contribution < -0.4 is 15.4 Å². The zero-order chi connectivity index (χ0) is 18.0. The lowest BCUT2D eigenvalue weighted by Crippen LogP contribution is -2.40. The molecule has 8 heteroatoms. The Labute approximate surface area is 177 Å². The van der Waals surface area contributed by atoms with Crippen molar-refractivity contribution in [1.29, 1.82) is 0 Å². The van der Waals surface area contributed by atoms with Crippen LogP contribution in [-0.4, -0.2) is 57.1 Å². The summed E-state index contributed by atoms with van der Waals surface area (Å²) in [6.07, 6.45) is 1.65. The number of guanidine groups is 1. The molecule has 0 amide bonds. The number of nitrogens with zero attached hydrogens (tertiary/aromatic N) is 1. The van der Waals surface area contributed by atoms with Gasteiger partial charge >= 0.3 is 0 Å². The SMILES string of the molecule is CCNC(=NCC1(CCO)CCOC1)NCCOc1ccccc1Cl.I. The highest BCUT2D eigenvalue weighted by Crippen LogP contribution is 2.32. The Kier molecular flexibility index (Phi) is 11.3. The van der Waals surface area contributed by atoms with Crippen LogP contribution in [0.25, 0.3) is 0 Å². The van der Waals surface area contributed by atoms with Crippen LogP contribution in [0.2, 0.25) is 5.02 Å². The zero-order valence-corrected chi connectivity index (χ0v) is 18.3. The summed E-state index contributed by atoms with van der Waals surface area (Å²) in [4.78, 5) is 4.67. The van der Waals surface area contributed by atoms with E-state index in [1.165, 1.54) is 0 Å². The summed E-state index contributed by atoms with van der Waals surface area (Å²) in [6, 6.07) is 7.42. The van der Waals surface area contributed by atoms with Crippen molar-refractivity contribution in [3.05, 3.63) is 29.3 Å². The molecule has 0 aromatic heterocycles. The van der Waals surface area contributed by atoms with E-state index in [1.807, 2.05) is 25.1 Å². The van der Waals surface area contributed by atoms with Crippen molar-refractivity contribution in [3.8, 4) is 5.75 Å². The highest BCUT2D eigenvalue weighted by Gasteiger charge is 2.34. The predicted octanol–water partition coefficient (Wildman–Crippen LogP) is 2.68. The van der Waals surface area contributed by atoms with Crippen LogP contribution >= 0.6 is 35.6 Å². The smallest absolute Gasteiger partial charge is 0.191 e. The van der Waals surface area contributed by atoms with E-state index in [4.69, 9.17) is 21.1 Å². The third kappa shape index (κ3) is 7.46. The van der Waals surface area contributed by atoms with E-state index < -0.39 is 0 Å². The molecule has 1 saturated heterocycles. The molecule has 1 atom stereocenters. The summed E-state index contributed by atoms with van der Waals surface area (Å²) in [5, 5.41) is 16.4. The summed E-state index contributed by atoms with van der Waals surface area (Å²) in [5.41, 5.74) is -0.0504. The molecule has 1 unspecified atom stereocenters. The monoisotopic (exact) mass is 497 g/mol. The number of para-hydroxylation sites is 1. The van der Waals surface area contributed by atoms with E-state index in [0.29, 0.717) is 43.5 Å². The second-order valence-electron chi connectivity index (χ2n) is 6.18. The number of ether oxygens (including phenoxy) is 2. The van der Waals surface area contributed by atoms with E-state index in [9.17, 15) is 5.11 Å². The molecule has 6 nitrogen and oxygen atoms in total. The number of benzene rings is 1. The Morgan fingerprint density at radius 3 is 2.85 bits per heavy atom. The Hall–Kier alpha value is -0.770. The number of aliphatic imine (C=N–C) groups is 1. The van der Waals surface area contributed by atoms with Crippen molar-refractivity contribution in [1.82, 2.24) is 10.6 Å². The molecule has 0 radical (unpaired) electrons. The fourth-order valence-electron chi connectivity index (χ4n) is 2.77. The third-order valence-electron chi connectivity index (χ3n) is 4.23. The number of hydrogen-bond acceptors (Lipinski definition) is 4. The van der Waals surface area contributed by atoms with Gasteiger partial charge in [0, 0.05) is 25.2 Å². The van der Waals surface area contributed by atoms with Gasteiger partial charge in [-0.3, -0.25) is 4.99 Å². The zero-order valence-electron chi connectivity index (χ0n) is 15.2. The minimum Gasteiger partial charge on any atom is -0.490 e. The van der Waals surface area contributed by atoms with Crippen LogP contribution in [0, 0.1) is 5.41 Å². The van der Waals surface area contributed by atoms with Crippen molar-refractivity contribution in [2.45, 2.75) is 19.8 Å². The standard InChI is InChI=1S/C18H28ClN3O3.HI/c1-2-20-17(22-13-18(7-10-23)8-11-24-14-18)21-9-12-25-16-6-4-3-5-15(16)19;/h3-6,23H,2,7-14H2,1H3,(H2,20,21,22);1H. The van der Waals surface area contributed by atoms with Crippen molar-refractivity contribution in [3.63, 3.8) is 0 Å². The summed E-state index contributed by atoms with van der Waals surface area (Å²) >= 11 is 6.07. The molecule has 1 heterocycles. The van der Waals surface area contributed by atoms with Crippen molar-refractivity contribution < 1.29 is 14.6 Å². The van der Waals surface area contributed by atoms with E-state index in [-0.39, 0.29) is 36.0 Å². The van der Waals surface area contributed by atoms with Crippen LogP contribution in [0.4, 0.5) is 0 Å². The largest absolute Gasteiger partial charge is 0.490 e. The van der Waals surface area contributed by atoms with E-state index in [2.05, 4.69) is 15.6 Å². The predicted molar refractivity (Wildman–Crippen MR) is 116 cm³/mol. The van der Waals surface area contributed by atoms with E-state index in [1.54, 1.807) is 6.07 Å². The van der Waals surface area contributed by atoms with Gasteiger partial charge in [-0.2, -0.15) is 0 Å². The minimum absolute atomic E-state index is 0. The Morgan fingerprint density at radius 2 is 2.19 bits per heavy atom. The summed E-state index contributed by atoms with van der Waals surface area (Å²) in [6.45, 7) is 6.10. The van der Waals surface area contributed by atoms with Gasteiger partial charge in [0.2, 0.25) is 0 Å². The summed E-state index contributed by atoms with van der Waals surface area (Å²) in [5.74, 6) is 1.42. The Bertz CT molecular complexity index is 554. The fraction of sp³-hybridized carbons (Fsp3) is 0.611. The maximum absolute atomic E-state index is 9.30. The van der Waals surface area contributed by atoms with Gasteiger partial charge in [-0.25, -0.2) is 0 Å². The van der Waals surface area contributed by atoms with Gasteiger partial charge in [0.05, 0.1) is 24.7 Å². The van der Waals surface area contributed by atoms with Crippen molar-refractivity contribution in [2.24, 2.45) is 10.4 Å². The Morgan fingerprint density at radius 1 is 1.38 bits per heavy atom. The van der Waals surface area contributed by atoms with Crippen molar-refractivity contribution in [2.75, 3.05) is 46.1 Å². The molecular formula is C18H29ClIN3O3. The molecule has 26 heavy (non-hydrogen) atoms. The van der Waals surface area contributed by atoms with Gasteiger partial charge in [-0.1, -0.05) is 23.7 Å². The average molecular weight is 498 g/mol. The molecule has 0 bridgehead atoms. The molecule has 0 aliphatic carbocycles. The van der Waals surface area contributed by atoms with Crippen LogP contribution in [0.15, 0.2) is 29.3 Å². The first-order valence-corrected chi connectivity index (χ1v) is 9.15. The first-order valence-electron chi connectivity index (χ1n) is 8.77. The molecule has 3 N–H and O–H groups in total. The number of nitrogens with one attached hydrogen (secondary N) is 2. The van der Waals surface area contributed by atoms with Gasteiger partial charge in [-0.05, 0) is 31.9 Å². The molecule has 1 aliphatic heterocycles. The molecule has 1 fully saturated rings. The van der Waals surface area contributed by atoms with Crippen molar-refractivity contribution >= 4 is 41.5 Å². The number of hydrogen-bond donors (Lipinski definition) is 3. The maximum atomic E-state index is 9.30. The van der Waals surface area contributed by atoms with Gasteiger partial charge in [0.25, 0.3) is 0 Å². The van der Waals surface area contributed by atoms with E-state index in [0.717, 1.165) is 25.5 Å². The molecule has 2 rings (SSSR count). The highest BCUT2D eigenvalue weighted by molar-refractivity contribution is 14.0. The average Bonchev–Trinajstić information content (AvgIpc) is 3.07. The topological polar surface area (TPSA) is 75.1 Å². The minimum atomic E-state index is -0.0504. The quantitative estimate of drug-likeness (QED) is 0.212. The second kappa shape index (κ2) is 12.6.